The van der Waals surface area contributed by atoms with E-state index in [1.165, 1.54) is 19.3 Å². The Morgan fingerprint density at radius 2 is 2.19 bits per heavy atom. The Kier molecular flexibility index (Phi) is 6.21. The largest absolute Gasteiger partial charge is 0.352 e. The Morgan fingerprint density at radius 1 is 1.50 bits per heavy atom. The van der Waals surface area contributed by atoms with Gasteiger partial charge in [-0.1, -0.05) is 19.8 Å². The normalized spacial score (nSPS) is 27.4. The summed E-state index contributed by atoms with van der Waals surface area (Å²) in [5.74, 6) is 0.125. The van der Waals surface area contributed by atoms with E-state index < -0.39 is 0 Å². The van der Waals surface area contributed by atoms with Crippen LogP contribution in [0.5, 0.6) is 0 Å². The van der Waals surface area contributed by atoms with Crippen molar-refractivity contribution in [2.75, 3.05) is 6.26 Å². The molecule has 0 aromatic rings. The molecular weight excluding hydrogens is 220 g/mol. The Balaban J connectivity index is 2.36. The van der Waals surface area contributed by atoms with Gasteiger partial charge in [-0.15, -0.1) is 0 Å². The first-order chi connectivity index (χ1) is 7.67. The van der Waals surface area contributed by atoms with E-state index in [9.17, 15) is 4.79 Å². The third-order valence-electron chi connectivity index (χ3n) is 3.32. The molecule has 3 atom stereocenters. The minimum absolute atomic E-state index is 0.0105. The van der Waals surface area contributed by atoms with Crippen LogP contribution in [0, 0.1) is 0 Å². The van der Waals surface area contributed by atoms with E-state index in [1.54, 1.807) is 0 Å². The number of carbonyl (C=O) groups excluding carboxylic acids is 1. The van der Waals surface area contributed by atoms with E-state index in [1.807, 2.05) is 18.7 Å². The standard InChI is InChI=1S/C12H24N2OS/c1-3-9(13)8-12(15)14-10-6-4-5-7-11(10)16-2/h9-11H,3-8,13H2,1-2H3,(H,14,15). The van der Waals surface area contributed by atoms with Gasteiger partial charge in [-0.2, -0.15) is 11.8 Å². The number of hydrogen-bond acceptors (Lipinski definition) is 3. The molecule has 3 unspecified atom stereocenters. The van der Waals surface area contributed by atoms with E-state index in [0.717, 1.165) is 12.8 Å². The summed E-state index contributed by atoms with van der Waals surface area (Å²) in [6.07, 6.45) is 8.35. The van der Waals surface area contributed by atoms with Crippen LogP contribution >= 0.6 is 11.8 Å². The first-order valence-electron chi connectivity index (χ1n) is 6.25. The minimum atomic E-state index is 0.0105. The SMILES string of the molecule is CCC(N)CC(=O)NC1CCCCC1SC. The molecule has 1 rings (SSSR count). The zero-order valence-electron chi connectivity index (χ0n) is 10.4. The predicted octanol–water partition coefficient (Wildman–Crippen LogP) is 1.90. The highest BCUT2D eigenvalue weighted by Crippen LogP contribution is 2.27. The van der Waals surface area contributed by atoms with Gasteiger partial charge in [0.2, 0.25) is 5.91 Å². The molecular formula is C12H24N2OS. The van der Waals surface area contributed by atoms with Crippen LogP contribution in [0.2, 0.25) is 0 Å². The number of nitrogens with two attached hydrogens (primary N) is 1. The molecule has 0 aromatic heterocycles. The smallest absolute Gasteiger partial charge is 0.221 e. The number of thioether (sulfide) groups is 1. The summed E-state index contributed by atoms with van der Waals surface area (Å²) in [4.78, 5) is 11.7. The molecule has 0 spiro atoms. The van der Waals surface area contributed by atoms with Crippen molar-refractivity contribution in [3.63, 3.8) is 0 Å². The summed E-state index contributed by atoms with van der Waals surface area (Å²) in [6, 6.07) is 0.372. The van der Waals surface area contributed by atoms with Gasteiger partial charge in [-0.3, -0.25) is 4.79 Å². The van der Waals surface area contributed by atoms with Crippen molar-refractivity contribution in [3.05, 3.63) is 0 Å². The molecule has 0 aromatic carbocycles. The summed E-state index contributed by atoms with van der Waals surface area (Å²) in [7, 11) is 0. The van der Waals surface area contributed by atoms with Crippen LogP contribution in [-0.2, 0) is 4.79 Å². The maximum absolute atomic E-state index is 11.7. The Labute approximate surface area is 103 Å². The Bertz CT molecular complexity index is 223. The zero-order valence-corrected chi connectivity index (χ0v) is 11.2. The number of rotatable bonds is 5. The van der Waals surface area contributed by atoms with E-state index in [0.29, 0.717) is 17.7 Å². The monoisotopic (exact) mass is 244 g/mol. The van der Waals surface area contributed by atoms with Crippen molar-refractivity contribution in [1.29, 1.82) is 0 Å². The molecule has 16 heavy (non-hydrogen) atoms. The Hall–Kier alpha value is -0.220. The number of carbonyl (C=O) groups is 1. The minimum Gasteiger partial charge on any atom is -0.352 e. The maximum Gasteiger partial charge on any atom is 0.221 e. The molecule has 0 saturated heterocycles. The van der Waals surface area contributed by atoms with Crippen LogP contribution in [0.3, 0.4) is 0 Å². The van der Waals surface area contributed by atoms with Gasteiger partial charge >= 0.3 is 0 Å². The van der Waals surface area contributed by atoms with Crippen LogP contribution in [0.4, 0.5) is 0 Å². The topological polar surface area (TPSA) is 55.1 Å². The van der Waals surface area contributed by atoms with Crippen molar-refractivity contribution in [2.45, 2.75) is 62.8 Å². The van der Waals surface area contributed by atoms with Gasteiger partial charge in [0.05, 0.1) is 0 Å². The number of hydrogen-bond donors (Lipinski definition) is 2. The van der Waals surface area contributed by atoms with Gasteiger partial charge in [-0.05, 0) is 25.5 Å². The van der Waals surface area contributed by atoms with Crippen LogP contribution in [-0.4, -0.2) is 29.5 Å². The molecule has 4 heteroatoms. The van der Waals surface area contributed by atoms with Crippen LogP contribution in [0.1, 0.15) is 45.4 Å². The second-order valence-corrected chi connectivity index (χ2v) is 5.68. The van der Waals surface area contributed by atoms with Gasteiger partial charge in [0.1, 0.15) is 0 Å². The van der Waals surface area contributed by atoms with E-state index in [-0.39, 0.29) is 11.9 Å². The molecule has 94 valence electrons. The molecule has 0 radical (unpaired) electrons. The lowest BCUT2D eigenvalue weighted by Gasteiger charge is -2.31. The van der Waals surface area contributed by atoms with Gasteiger partial charge < -0.3 is 11.1 Å². The van der Waals surface area contributed by atoms with E-state index in [4.69, 9.17) is 5.73 Å². The fourth-order valence-electron chi connectivity index (χ4n) is 2.19. The van der Waals surface area contributed by atoms with Gasteiger partial charge in [0, 0.05) is 23.8 Å². The molecule has 1 amide bonds. The molecule has 1 saturated carbocycles. The van der Waals surface area contributed by atoms with E-state index in [2.05, 4.69) is 11.6 Å². The molecule has 1 aliphatic rings. The predicted molar refractivity (Wildman–Crippen MR) is 70.6 cm³/mol. The number of amides is 1. The molecule has 1 aliphatic carbocycles. The third kappa shape index (κ3) is 4.34. The molecule has 1 fully saturated rings. The highest BCUT2D eigenvalue weighted by Gasteiger charge is 2.25. The second-order valence-electron chi connectivity index (χ2n) is 4.61. The van der Waals surface area contributed by atoms with Crippen molar-refractivity contribution < 1.29 is 4.79 Å². The first kappa shape index (κ1) is 13.8. The van der Waals surface area contributed by atoms with E-state index >= 15 is 0 Å². The van der Waals surface area contributed by atoms with Crippen molar-refractivity contribution in [2.24, 2.45) is 5.73 Å². The fraction of sp³-hybridized carbons (Fsp3) is 0.917. The summed E-state index contributed by atoms with van der Waals surface area (Å²) < 4.78 is 0. The van der Waals surface area contributed by atoms with Gasteiger partial charge in [0.25, 0.3) is 0 Å². The lowest BCUT2D eigenvalue weighted by molar-refractivity contribution is -0.122. The van der Waals surface area contributed by atoms with Crippen molar-refractivity contribution in [1.82, 2.24) is 5.32 Å². The summed E-state index contributed by atoms with van der Waals surface area (Å²) in [5, 5.41) is 3.74. The van der Waals surface area contributed by atoms with Gasteiger partial charge in [-0.25, -0.2) is 0 Å². The van der Waals surface area contributed by atoms with Crippen molar-refractivity contribution >= 4 is 17.7 Å². The maximum atomic E-state index is 11.7. The summed E-state index contributed by atoms with van der Waals surface area (Å²) in [5.41, 5.74) is 5.78. The van der Waals surface area contributed by atoms with Crippen molar-refractivity contribution in [3.8, 4) is 0 Å². The molecule has 0 aliphatic heterocycles. The first-order valence-corrected chi connectivity index (χ1v) is 7.53. The number of nitrogens with one attached hydrogen (secondary N) is 1. The average Bonchev–Trinajstić information content (AvgIpc) is 2.29. The zero-order chi connectivity index (χ0) is 12.0. The van der Waals surface area contributed by atoms with Crippen LogP contribution in [0.25, 0.3) is 0 Å². The quantitative estimate of drug-likeness (QED) is 0.776. The molecule has 0 heterocycles. The average molecular weight is 244 g/mol. The molecule has 0 bridgehead atoms. The third-order valence-corrected chi connectivity index (χ3v) is 4.49. The highest BCUT2D eigenvalue weighted by atomic mass is 32.2. The second kappa shape index (κ2) is 7.17. The lowest BCUT2D eigenvalue weighted by atomic mass is 9.94. The summed E-state index contributed by atoms with van der Waals surface area (Å²) >= 11 is 1.87. The Morgan fingerprint density at radius 3 is 2.81 bits per heavy atom. The summed E-state index contributed by atoms with van der Waals surface area (Å²) in [6.45, 7) is 2.02. The highest BCUT2D eigenvalue weighted by molar-refractivity contribution is 7.99. The van der Waals surface area contributed by atoms with Gasteiger partial charge in [0.15, 0.2) is 0 Å². The van der Waals surface area contributed by atoms with Crippen LogP contribution < -0.4 is 11.1 Å². The lowest BCUT2D eigenvalue weighted by Crippen LogP contribution is -2.45. The van der Waals surface area contributed by atoms with Crippen LogP contribution in [0.15, 0.2) is 0 Å². The molecule has 3 N–H and O–H groups in total. The molecule has 3 nitrogen and oxygen atoms in total. The fourth-order valence-corrected chi connectivity index (χ4v) is 3.13.